The summed E-state index contributed by atoms with van der Waals surface area (Å²) < 4.78 is 58.3. The predicted octanol–water partition coefficient (Wildman–Crippen LogP) is 1.02. The lowest BCUT2D eigenvalue weighted by Crippen LogP contribution is -2.54. The summed E-state index contributed by atoms with van der Waals surface area (Å²) in [6.07, 6.45) is -10.2. The van der Waals surface area contributed by atoms with Gasteiger partial charge in [0.25, 0.3) is 5.69 Å². The van der Waals surface area contributed by atoms with Gasteiger partial charge in [0.05, 0.1) is 10.5 Å². The van der Waals surface area contributed by atoms with Gasteiger partial charge in [-0.2, -0.15) is 13.2 Å². The van der Waals surface area contributed by atoms with Crippen LogP contribution < -0.4 is 5.32 Å². The monoisotopic (exact) mass is 478 g/mol. The molecule has 12 nitrogen and oxygen atoms in total. The smallest absolute Gasteiger partial charge is 0.459 e. The summed E-state index contributed by atoms with van der Waals surface area (Å²) in [4.78, 5) is 56.4. The Labute approximate surface area is 183 Å². The number of carbonyl (C=O) groups excluding carboxylic acids is 4. The van der Waals surface area contributed by atoms with E-state index in [1.54, 1.807) is 5.32 Å². The van der Waals surface area contributed by atoms with Crippen molar-refractivity contribution in [3.63, 3.8) is 0 Å². The van der Waals surface area contributed by atoms with Crippen LogP contribution in [0.4, 0.5) is 18.9 Å². The van der Waals surface area contributed by atoms with Crippen LogP contribution in [0.5, 0.6) is 0 Å². The van der Waals surface area contributed by atoms with Crippen LogP contribution in [0.3, 0.4) is 0 Å². The first-order valence-electron chi connectivity index (χ1n) is 9.08. The summed E-state index contributed by atoms with van der Waals surface area (Å²) in [5.41, 5.74) is -0.420. The van der Waals surface area contributed by atoms with Crippen molar-refractivity contribution in [1.82, 2.24) is 5.32 Å². The van der Waals surface area contributed by atoms with Gasteiger partial charge < -0.3 is 24.3 Å². The number of non-ortho nitro benzene ring substituents is 1. The lowest BCUT2D eigenvalue weighted by molar-refractivity contribution is -0.384. The third-order valence-corrected chi connectivity index (χ3v) is 4.16. The molecule has 1 aromatic carbocycles. The van der Waals surface area contributed by atoms with E-state index in [0.29, 0.717) is 0 Å². The Morgan fingerprint density at radius 3 is 2.15 bits per heavy atom. The van der Waals surface area contributed by atoms with Gasteiger partial charge in [-0.3, -0.25) is 24.5 Å². The quantitative estimate of drug-likeness (QED) is 0.259. The molecule has 33 heavy (non-hydrogen) atoms. The van der Waals surface area contributed by atoms with Gasteiger partial charge in [-0.1, -0.05) is 0 Å². The zero-order chi connectivity index (χ0) is 24.9. The Hall–Kier alpha value is -3.75. The number of hydrogen-bond donors (Lipinski definition) is 1. The van der Waals surface area contributed by atoms with E-state index in [1.165, 1.54) is 0 Å². The van der Waals surface area contributed by atoms with Crippen molar-refractivity contribution in [1.29, 1.82) is 0 Å². The number of carbonyl (C=O) groups is 4. The van der Waals surface area contributed by atoms with E-state index in [9.17, 15) is 42.5 Å². The van der Waals surface area contributed by atoms with Gasteiger partial charge in [-0.15, -0.1) is 0 Å². The molecule has 1 N–H and O–H groups in total. The van der Waals surface area contributed by atoms with Gasteiger partial charge in [-0.25, -0.2) is 4.79 Å². The Morgan fingerprint density at radius 2 is 1.67 bits per heavy atom. The number of nitro benzene ring substituents is 1. The number of ether oxygens (including phenoxy) is 4. The summed E-state index contributed by atoms with van der Waals surface area (Å²) in [5, 5.41) is 12.3. The van der Waals surface area contributed by atoms with Crippen molar-refractivity contribution >= 4 is 29.5 Å². The molecule has 1 aromatic rings. The van der Waals surface area contributed by atoms with E-state index in [-0.39, 0.29) is 11.3 Å². The van der Waals surface area contributed by atoms with Crippen molar-refractivity contribution in [2.24, 2.45) is 0 Å². The SMILES string of the molecule is CC(=O)OC1O[C@H](COC(=O)c2ccc([N+](=O)[O-])cc2)[C@@H](NC(=O)C(F)(F)F)[C@H]1OC(C)=O. The van der Waals surface area contributed by atoms with Gasteiger partial charge in [-0.05, 0) is 12.1 Å². The molecule has 1 fully saturated rings. The van der Waals surface area contributed by atoms with Gasteiger partial charge in [0.2, 0.25) is 6.29 Å². The van der Waals surface area contributed by atoms with Gasteiger partial charge in [0.1, 0.15) is 18.8 Å². The minimum atomic E-state index is -5.31. The second-order valence-electron chi connectivity index (χ2n) is 6.63. The van der Waals surface area contributed by atoms with Crippen LogP contribution in [0.25, 0.3) is 0 Å². The minimum absolute atomic E-state index is 0.123. The number of alkyl halides is 3. The summed E-state index contributed by atoms with van der Waals surface area (Å²) in [6.45, 7) is 1.13. The lowest BCUT2D eigenvalue weighted by Gasteiger charge is -2.24. The molecular formula is C18H17F3N2O10. The van der Waals surface area contributed by atoms with Crippen LogP contribution in [-0.2, 0) is 33.3 Å². The zero-order valence-electron chi connectivity index (χ0n) is 17.0. The van der Waals surface area contributed by atoms with Gasteiger partial charge >= 0.3 is 30.0 Å². The molecule has 1 amide bonds. The van der Waals surface area contributed by atoms with E-state index in [2.05, 4.69) is 0 Å². The Bertz CT molecular complexity index is 934. The van der Waals surface area contributed by atoms with E-state index in [1.807, 2.05) is 0 Å². The molecule has 2 rings (SSSR count). The zero-order valence-corrected chi connectivity index (χ0v) is 17.0. The van der Waals surface area contributed by atoms with Gasteiger partial charge in [0, 0.05) is 26.0 Å². The molecule has 0 aliphatic carbocycles. The van der Waals surface area contributed by atoms with E-state index in [0.717, 1.165) is 38.1 Å². The number of nitrogens with one attached hydrogen (secondary N) is 1. The van der Waals surface area contributed by atoms with Crippen LogP contribution in [0.2, 0.25) is 0 Å². The van der Waals surface area contributed by atoms with Crippen molar-refractivity contribution in [3.05, 3.63) is 39.9 Å². The average Bonchev–Trinajstić information content (AvgIpc) is 3.00. The number of amides is 1. The van der Waals surface area contributed by atoms with Crippen LogP contribution >= 0.6 is 0 Å². The molecule has 4 atom stereocenters. The molecule has 0 radical (unpaired) electrons. The molecule has 0 saturated carbocycles. The largest absolute Gasteiger partial charge is 0.471 e. The van der Waals surface area contributed by atoms with E-state index >= 15 is 0 Å². The van der Waals surface area contributed by atoms with Gasteiger partial charge in [0.15, 0.2) is 6.10 Å². The van der Waals surface area contributed by atoms with Crippen LogP contribution in [0.1, 0.15) is 24.2 Å². The van der Waals surface area contributed by atoms with Crippen LogP contribution in [-0.4, -0.2) is 66.1 Å². The van der Waals surface area contributed by atoms with Crippen molar-refractivity contribution in [2.75, 3.05) is 6.61 Å². The molecule has 1 heterocycles. The maximum absolute atomic E-state index is 12.8. The first-order valence-corrected chi connectivity index (χ1v) is 9.08. The molecule has 1 saturated heterocycles. The number of halogens is 3. The Balaban J connectivity index is 2.21. The lowest BCUT2D eigenvalue weighted by atomic mass is 10.1. The highest BCUT2D eigenvalue weighted by atomic mass is 19.4. The summed E-state index contributed by atoms with van der Waals surface area (Å²) >= 11 is 0. The summed E-state index contributed by atoms with van der Waals surface area (Å²) in [5.74, 6) is -5.32. The fourth-order valence-corrected chi connectivity index (χ4v) is 2.81. The Morgan fingerprint density at radius 1 is 1.09 bits per heavy atom. The predicted molar refractivity (Wildman–Crippen MR) is 97.3 cm³/mol. The highest BCUT2D eigenvalue weighted by molar-refractivity contribution is 5.89. The highest BCUT2D eigenvalue weighted by Crippen LogP contribution is 2.28. The average molecular weight is 478 g/mol. The third kappa shape index (κ3) is 6.86. The summed E-state index contributed by atoms with van der Waals surface area (Å²) in [7, 11) is 0. The van der Waals surface area contributed by atoms with Crippen molar-refractivity contribution < 1.29 is 56.2 Å². The van der Waals surface area contributed by atoms with Crippen molar-refractivity contribution in [3.8, 4) is 0 Å². The second kappa shape index (κ2) is 10.2. The normalized spacial score (nSPS) is 22.2. The minimum Gasteiger partial charge on any atom is -0.459 e. The number of rotatable bonds is 7. The first-order chi connectivity index (χ1) is 15.3. The first kappa shape index (κ1) is 25.5. The maximum Gasteiger partial charge on any atom is 0.471 e. The fraction of sp³-hybridized carbons (Fsp3) is 0.444. The molecule has 0 aromatic heterocycles. The van der Waals surface area contributed by atoms with Crippen molar-refractivity contribution in [2.45, 2.75) is 44.6 Å². The van der Waals surface area contributed by atoms with E-state index in [4.69, 9.17) is 18.9 Å². The molecular weight excluding hydrogens is 461 g/mol. The number of hydrogen-bond acceptors (Lipinski definition) is 10. The van der Waals surface area contributed by atoms with Crippen LogP contribution in [0, 0.1) is 10.1 Å². The molecule has 1 unspecified atom stereocenters. The van der Waals surface area contributed by atoms with Crippen LogP contribution in [0.15, 0.2) is 24.3 Å². The van der Waals surface area contributed by atoms with E-state index < -0.39 is 66.1 Å². The molecule has 180 valence electrons. The Kier molecular flexibility index (Phi) is 7.92. The molecule has 1 aliphatic heterocycles. The number of nitro groups is 1. The fourth-order valence-electron chi connectivity index (χ4n) is 2.81. The number of esters is 3. The molecule has 1 aliphatic rings. The second-order valence-corrected chi connectivity index (χ2v) is 6.63. The number of benzene rings is 1. The molecule has 15 heteroatoms. The third-order valence-electron chi connectivity index (χ3n) is 4.16. The highest BCUT2D eigenvalue weighted by Gasteiger charge is 2.52. The topological polar surface area (TPSA) is 160 Å². The standard InChI is InChI=1S/C18H17F3N2O10/c1-8(24)31-14-13(22-17(27)18(19,20)21)12(33-16(14)32-9(2)25)7-30-15(26)10-3-5-11(6-4-10)23(28)29/h3-6,12-14,16H,7H2,1-2H3,(H,22,27)/t12-,13-,14-,16?/m1/s1. The maximum atomic E-state index is 12.8. The molecule has 0 bridgehead atoms. The molecule has 0 spiro atoms. The summed E-state index contributed by atoms with van der Waals surface area (Å²) in [6, 6.07) is 2.52. The number of nitrogens with zero attached hydrogens (tertiary/aromatic N) is 1.